The van der Waals surface area contributed by atoms with E-state index in [-0.39, 0.29) is 42.4 Å². The van der Waals surface area contributed by atoms with Gasteiger partial charge in [-0.15, -0.1) is 0 Å². The first kappa shape index (κ1) is 28.9. The first-order chi connectivity index (χ1) is 12.7. The van der Waals surface area contributed by atoms with Gasteiger partial charge in [0.2, 0.25) is 0 Å². The Balaban J connectivity index is 0. The van der Waals surface area contributed by atoms with E-state index in [0.717, 1.165) is 12.8 Å². The van der Waals surface area contributed by atoms with Gasteiger partial charge in [0.05, 0.1) is 19.4 Å². The van der Waals surface area contributed by atoms with Crippen molar-refractivity contribution in [2.75, 3.05) is 6.61 Å². The third-order valence-electron chi connectivity index (χ3n) is 4.46. The Labute approximate surface area is 188 Å². The van der Waals surface area contributed by atoms with Crippen molar-refractivity contribution in [2.24, 2.45) is 0 Å². The molecule has 0 saturated carbocycles. The Morgan fingerprint density at radius 2 is 1.22 bits per heavy atom. The SMILES string of the molecule is CCCCCCCC/C=C\CCCCCCCCOC(=O)CCC(=O)O.[NaH]. The van der Waals surface area contributed by atoms with E-state index in [1.807, 2.05) is 0 Å². The van der Waals surface area contributed by atoms with Gasteiger partial charge in [0.15, 0.2) is 0 Å². The topological polar surface area (TPSA) is 63.6 Å². The summed E-state index contributed by atoms with van der Waals surface area (Å²) in [6.45, 7) is 2.67. The number of allylic oxidation sites excluding steroid dienone is 2. The molecule has 0 aromatic carbocycles. The van der Waals surface area contributed by atoms with Crippen molar-refractivity contribution in [1.29, 1.82) is 0 Å². The molecule has 154 valence electrons. The van der Waals surface area contributed by atoms with Crippen molar-refractivity contribution in [3.05, 3.63) is 12.2 Å². The zero-order chi connectivity index (χ0) is 19.3. The normalized spacial score (nSPS) is 10.7. The second-order valence-corrected chi connectivity index (χ2v) is 7.05. The van der Waals surface area contributed by atoms with E-state index in [2.05, 4.69) is 19.1 Å². The number of carbonyl (C=O) groups is 2. The minimum atomic E-state index is -0.959. The molecule has 0 aliphatic heterocycles. The van der Waals surface area contributed by atoms with E-state index in [1.54, 1.807) is 0 Å². The predicted octanol–water partition coefficient (Wildman–Crippen LogP) is 5.78. The molecule has 0 aliphatic rings. The summed E-state index contributed by atoms with van der Waals surface area (Å²) in [4.78, 5) is 21.5. The molecule has 1 N–H and O–H groups in total. The minimum absolute atomic E-state index is 0. The van der Waals surface area contributed by atoms with Gasteiger partial charge < -0.3 is 9.84 Å². The van der Waals surface area contributed by atoms with Gasteiger partial charge in [0.1, 0.15) is 0 Å². The molecule has 0 unspecified atom stereocenters. The second-order valence-electron chi connectivity index (χ2n) is 7.05. The van der Waals surface area contributed by atoms with Crippen LogP contribution in [0.25, 0.3) is 0 Å². The van der Waals surface area contributed by atoms with Gasteiger partial charge in [0.25, 0.3) is 0 Å². The van der Waals surface area contributed by atoms with Crippen molar-refractivity contribution < 1.29 is 19.4 Å². The number of carboxylic acid groups (broad SMARTS) is 1. The average Bonchev–Trinajstić information content (AvgIpc) is 2.62. The fourth-order valence-electron chi connectivity index (χ4n) is 2.82. The van der Waals surface area contributed by atoms with Crippen LogP contribution in [0.1, 0.15) is 110 Å². The van der Waals surface area contributed by atoms with Crippen LogP contribution in [0.15, 0.2) is 12.2 Å². The van der Waals surface area contributed by atoms with Crippen LogP contribution in [0.3, 0.4) is 0 Å². The molecule has 0 rings (SSSR count). The Kier molecular flexibility index (Phi) is 25.4. The molecule has 0 spiro atoms. The van der Waals surface area contributed by atoms with Crippen LogP contribution in [0.5, 0.6) is 0 Å². The van der Waals surface area contributed by atoms with Crippen molar-refractivity contribution in [2.45, 2.75) is 110 Å². The van der Waals surface area contributed by atoms with Crippen LogP contribution in [-0.2, 0) is 14.3 Å². The molecule has 0 aliphatic carbocycles. The number of aliphatic carboxylic acids is 1. The summed E-state index contributed by atoms with van der Waals surface area (Å²) in [5, 5.41) is 8.47. The van der Waals surface area contributed by atoms with Gasteiger partial charge in [-0.3, -0.25) is 9.59 Å². The van der Waals surface area contributed by atoms with Gasteiger partial charge in [-0.1, -0.05) is 76.9 Å². The molecule has 0 aromatic heterocycles. The predicted molar refractivity (Wildman–Crippen MR) is 114 cm³/mol. The number of carbonyl (C=O) groups excluding carboxylic acids is 1. The Morgan fingerprint density at radius 3 is 1.74 bits per heavy atom. The molecule has 0 fully saturated rings. The molecule has 5 heteroatoms. The number of hydrogen-bond donors (Lipinski definition) is 1. The zero-order valence-corrected chi connectivity index (χ0v) is 16.8. The maximum absolute atomic E-state index is 11.2. The summed E-state index contributed by atoms with van der Waals surface area (Å²) in [6, 6.07) is 0. The molecular formula is C22H41NaO4. The molecule has 0 radical (unpaired) electrons. The van der Waals surface area contributed by atoms with E-state index in [9.17, 15) is 9.59 Å². The summed E-state index contributed by atoms with van der Waals surface area (Å²) in [5.41, 5.74) is 0. The van der Waals surface area contributed by atoms with Crippen molar-refractivity contribution in [1.82, 2.24) is 0 Å². The molecule has 0 atom stereocenters. The van der Waals surface area contributed by atoms with Crippen LogP contribution >= 0.6 is 0 Å². The van der Waals surface area contributed by atoms with E-state index >= 15 is 0 Å². The first-order valence-corrected chi connectivity index (χ1v) is 10.7. The fourth-order valence-corrected chi connectivity index (χ4v) is 2.82. The average molecular weight is 393 g/mol. The maximum atomic E-state index is 11.2. The Bertz CT molecular complexity index is 369. The van der Waals surface area contributed by atoms with E-state index in [0.29, 0.717) is 6.61 Å². The van der Waals surface area contributed by atoms with Crippen LogP contribution < -0.4 is 0 Å². The summed E-state index contributed by atoms with van der Waals surface area (Å²) < 4.78 is 5.00. The van der Waals surface area contributed by atoms with Crippen LogP contribution in [-0.4, -0.2) is 53.2 Å². The van der Waals surface area contributed by atoms with Gasteiger partial charge in [-0.05, 0) is 32.1 Å². The molecule has 0 amide bonds. The molecule has 0 aromatic rings. The van der Waals surface area contributed by atoms with E-state index in [4.69, 9.17) is 9.84 Å². The monoisotopic (exact) mass is 392 g/mol. The standard InChI is InChI=1S/C22H40O4.Na.H/c1-2-3-4-5-6-7-8-9-10-11-12-13-14-15-16-17-20-26-22(25)19-18-21(23)24;;/h9-10H,2-8,11-20H2,1H3,(H,23,24);;/b10-9-;;. The molecule has 0 heterocycles. The zero-order valence-electron chi connectivity index (χ0n) is 16.8. The Hall–Kier alpha value is -0.320. The van der Waals surface area contributed by atoms with E-state index < -0.39 is 11.9 Å². The fraction of sp³-hybridized carbons (Fsp3) is 0.818. The number of hydrogen-bond acceptors (Lipinski definition) is 3. The van der Waals surface area contributed by atoms with Gasteiger partial charge in [-0.25, -0.2) is 0 Å². The van der Waals surface area contributed by atoms with E-state index in [1.165, 1.54) is 77.0 Å². The third kappa shape index (κ3) is 25.7. The van der Waals surface area contributed by atoms with Gasteiger partial charge >= 0.3 is 41.5 Å². The van der Waals surface area contributed by atoms with Gasteiger partial charge in [0, 0.05) is 0 Å². The van der Waals surface area contributed by atoms with Crippen molar-refractivity contribution in [3.8, 4) is 0 Å². The number of unbranched alkanes of at least 4 members (excludes halogenated alkanes) is 12. The Morgan fingerprint density at radius 1 is 0.741 bits per heavy atom. The first-order valence-electron chi connectivity index (χ1n) is 10.7. The molecule has 0 bridgehead atoms. The summed E-state index contributed by atoms with van der Waals surface area (Å²) in [5.74, 6) is -1.36. The number of ether oxygens (including phenoxy) is 1. The number of esters is 1. The number of carboxylic acids is 1. The molecular weight excluding hydrogens is 351 g/mol. The summed E-state index contributed by atoms with van der Waals surface area (Å²) >= 11 is 0. The quantitative estimate of drug-likeness (QED) is 0.131. The second kappa shape index (κ2) is 23.7. The summed E-state index contributed by atoms with van der Waals surface area (Å²) in [7, 11) is 0. The number of rotatable bonds is 19. The third-order valence-corrected chi connectivity index (χ3v) is 4.46. The molecule has 0 saturated heterocycles. The summed E-state index contributed by atoms with van der Waals surface area (Å²) in [6.07, 6.45) is 22.0. The van der Waals surface area contributed by atoms with Crippen LogP contribution in [0.2, 0.25) is 0 Å². The van der Waals surface area contributed by atoms with Crippen LogP contribution in [0, 0.1) is 0 Å². The van der Waals surface area contributed by atoms with Gasteiger partial charge in [-0.2, -0.15) is 0 Å². The van der Waals surface area contributed by atoms with Crippen LogP contribution in [0.4, 0.5) is 0 Å². The van der Waals surface area contributed by atoms with Crippen molar-refractivity contribution >= 4 is 41.5 Å². The molecule has 4 nitrogen and oxygen atoms in total. The molecule has 27 heavy (non-hydrogen) atoms. The van der Waals surface area contributed by atoms with Crippen molar-refractivity contribution in [3.63, 3.8) is 0 Å².